The lowest BCUT2D eigenvalue weighted by Gasteiger charge is -2.11. The molecule has 0 aromatic rings. The van der Waals surface area contributed by atoms with Gasteiger partial charge in [0.2, 0.25) is 5.91 Å². The lowest BCUT2D eigenvalue weighted by molar-refractivity contribution is -0.122. The zero-order valence-electron chi connectivity index (χ0n) is 11.3. The third-order valence-corrected chi connectivity index (χ3v) is 3.17. The van der Waals surface area contributed by atoms with E-state index in [0.29, 0.717) is 13.1 Å². The first-order chi connectivity index (χ1) is 8.77. The van der Waals surface area contributed by atoms with Crippen LogP contribution in [0.5, 0.6) is 0 Å². The normalized spacial score (nSPS) is 15.3. The summed E-state index contributed by atoms with van der Waals surface area (Å²) in [6, 6.07) is 0. The molecule has 0 aromatic heterocycles. The highest BCUT2D eigenvalue weighted by Gasteiger charge is 2.28. The van der Waals surface area contributed by atoms with E-state index >= 15 is 0 Å². The molecule has 5 nitrogen and oxygen atoms in total. The van der Waals surface area contributed by atoms with E-state index in [1.807, 2.05) is 6.92 Å². The van der Waals surface area contributed by atoms with Crippen LogP contribution in [0.25, 0.3) is 0 Å². The molecule has 1 aliphatic carbocycles. The van der Waals surface area contributed by atoms with Crippen LogP contribution in [0.1, 0.15) is 19.8 Å². The fraction of sp³-hybridized carbons (Fsp3) is 0.833. The van der Waals surface area contributed by atoms with E-state index < -0.39 is 0 Å². The van der Waals surface area contributed by atoms with E-state index in [9.17, 15) is 4.79 Å². The fourth-order valence-corrected chi connectivity index (χ4v) is 1.72. The number of hydrogen-bond acceptors (Lipinski definition) is 3. The fourth-order valence-electron chi connectivity index (χ4n) is 1.45. The van der Waals surface area contributed by atoms with Crippen LogP contribution in [0, 0.1) is 5.92 Å². The van der Waals surface area contributed by atoms with E-state index in [2.05, 4.69) is 27.2 Å². The van der Waals surface area contributed by atoms with Crippen molar-refractivity contribution >= 4 is 23.6 Å². The number of carbonyl (C=O) groups is 1. The summed E-state index contributed by atoms with van der Waals surface area (Å²) in [7, 11) is 0. The second-order valence-electron chi connectivity index (χ2n) is 4.25. The van der Waals surface area contributed by atoms with Gasteiger partial charge in [0.1, 0.15) is 0 Å². The molecule has 18 heavy (non-hydrogen) atoms. The molecule has 0 bridgehead atoms. The molecule has 0 spiro atoms. The number of nitrogens with zero attached hydrogens (tertiary/aromatic N) is 1. The van der Waals surface area contributed by atoms with Crippen LogP contribution in [-0.4, -0.2) is 50.1 Å². The van der Waals surface area contributed by atoms with Crippen molar-refractivity contribution in [3.8, 4) is 0 Å². The topological polar surface area (TPSA) is 65.5 Å². The zero-order valence-corrected chi connectivity index (χ0v) is 12.1. The first kappa shape index (κ1) is 15.1. The number of guanidine groups is 1. The van der Waals surface area contributed by atoms with Gasteiger partial charge in [-0.25, -0.2) is 0 Å². The molecule has 0 unspecified atom stereocenters. The molecule has 1 rings (SSSR count). The van der Waals surface area contributed by atoms with Gasteiger partial charge in [0.25, 0.3) is 0 Å². The molecule has 0 heterocycles. The lowest BCUT2D eigenvalue weighted by atomic mass is 10.4. The predicted molar refractivity (Wildman–Crippen MR) is 78.1 cm³/mol. The summed E-state index contributed by atoms with van der Waals surface area (Å²) < 4.78 is 0. The third kappa shape index (κ3) is 6.74. The van der Waals surface area contributed by atoms with Gasteiger partial charge >= 0.3 is 0 Å². The first-order valence-corrected chi connectivity index (χ1v) is 7.96. The maximum atomic E-state index is 11.4. The molecule has 1 fully saturated rings. The molecule has 104 valence electrons. The Morgan fingerprint density at radius 3 is 2.61 bits per heavy atom. The number of hydrogen-bond donors (Lipinski definition) is 3. The molecule has 0 aromatic carbocycles. The summed E-state index contributed by atoms with van der Waals surface area (Å²) in [6.45, 7) is 5.07. The van der Waals surface area contributed by atoms with E-state index in [1.54, 1.807) is 11.8 Å². The minimum absolute atomic E-state index is 0.195. The standard InChI is InChI=1S/C12H24N4OS/c1-3-13-12(16-8-9-18-2)15-7-6-14-11(17)10-4-5-10/h10H,3-9H2,1-2H3,(H,14,17)(H2,13,15,16). The van der Waals surface area contributed by atoms with Crippen LogP contribution < -0.4 is 16.0 Å². The van der Waals surface area contributed by atoms with Gasteiger partial charge in [0.15, 0.2) is 5.96 Å². The van der Waals surface area contributed by atoms with E-state index in [4.69, 9.17) is 0 Å². The highest BCUT2D eigenvalue weighted by atomic mass is 32.2. The Bertz CT molecular complexity index is 279. The van der Waals surface area contributed by atoms with Gasteiger partial charge in [0.05, 0.1) is 6.54 Å². The van der Waals surface area contributed by atoms with Crippen molar-refractivity contribution in [3.63, 3.8) is 0 Å². The Kier molecular flexibility index (Phi) is 7.64. The summed E-state index contributed by atoms with van der Waals surface area (Å²) >= 11 is 1.78. The molecule has 1 aliphatic rings. The highest BCUT2D eigenvalue weighted by molar-refractivity contribution is 7.98. The van der Waals surface area contributed by atoms with Crippen molar-refractivity contribution in [2.75, 3.05) is 38.2 Å². The van der Waals surface area contributed by atoms with Crippen LogP contribution in [0.3, 0.4) is 0 Å². The SMILES string of the molecule is CCNC(=NCCSC)NCCNC(=O)C1CC1. The number of rotatable bonds is 8. The molecule has 1 saturated carbocycles. The van der Waals surface area contributed by atoms with Crippen molar-refractivity contribution in [2.45, 2.75) is 19.8 Å². The molecular weight excluding hydrogens is 248 g/mol. The summed E-state index contributed by atoms with van der Waals surface area (Å²) in [5.41, 5.74) is 0. The average molecular weight is 272 g/mol. The molecule has 3 N–H and O–H groups in total. The van der Waals surface area contributed by atoms with Gasteiger partial charge in [-0.15, -0.1) is 0 Å². The summed E-state index contributed by atoms with van der Waals surface area (Å²) in [4.78, 5) is 15.8. The summed E-state index contributed by atoms with van der Waals surface area (Å²) in [5.74, 6) is 2.33. The molecular formula is C12H24N4OS. The number of carbonyl (C=O) groups excluding carboxylic acids is 1. The van der Waals surface area contributed by atoms with Gasteiger partial charge < -0.3 is 16.0 Å². The first-order valence-electron chi connectivity index (χ1n) is 6.56. The minimum atomic E-state index is 0.195. The van der Waals surface area contributed by atoms with Crippen molar-refractivity contribution in [3.05, 3.63) is 0 Å². The van der Waals surface area contributed by atoms with Gasteiger partial charge in [0, 0.05) is 31.3 Å². The number of amides is 1. The molecule has 0 saturated heterocycles. The zero-order chi connectivity index (χ0) is 13.2. The largest absolute Gasteiger partial charge is 0.357 e. The van der Waals surface area contributed by atoms with Gasteiger partial charge in [-0.05, 0) is 26.0 Å². The molecule has 0 radical (unpaired) electrons. The average Bonchev–Trinajstić information content (AvgIpc) is 3.18. The maximum Gasteiger partial charge on any atom is 0.223 e. The number of aliphatic imine (C=N–C) groups is 1. The lowest BCUT2D eigenvalue weighted by Crippen LogP contribution is -2.41. The third-order valence-electron chi connectivity index (χ3n) is 2.57. The van der Waals surface area contributed by atoms with E-state index in [0.717, 1.165) is 37.6 Å². The Balaban J connectivity index is 2.11. The van der Waals surface area contributed by atoms with Crippen molar-refractivity contribution in [1.82, 2.24) is 16.0 Å². The van der Waals surface area contributed by atoms with Crippen molar-refractivity contribution in [1.29, 1.82) is 0 Å². The van der Waals surface area contributed by atoms with Gasteiger partial charge in [-0.2, -0.15) is 11.8 Å². The Morgan fingerprint density at radius 2 is 2.00 bits per heavy atom. The second kappa shape index (κ2) is 9.08. The van der Waals surface area contributed by atoms with Crippen molar-refractivity contribution < 1.29 is 4.79 Å². The van der Waals surface area contributed by atoms with Crippen LogP contribution in [0.15, 0.2) is 4.99 Å². The number of nitrogens with one attached hydrogen (secondary N) is 3. The summed E-state index contributed by atoms with van der Waals surface area (Å²) in [6.07, 6.45) is 4.18. The Labute approximate surface area is 114 Å². The quantitative estimate of drug-likeness (QED) is 0.341. The van der Waals surface area contributed by atoms with Gasteiger partial charge in [-0.1, -0.05) is 0 Å². The molecule has 6 heteroatoms. The second-order valence-corrected chi connectivity index (χ2v) is 5.23. The van der Waals surface area contributed by atoms with Crippen LogP contribution in [0.2, 0.25) is 0 Å². The Hall–Kier alpha value is -0.910. The minimum Gasteiger partial charge on any atom is -0.357 e. The molecule has 0 atom stereocenters. The van der Waals surface area contributed by atoms with E-state index in [1.165, 1.54) is 0 Å². The monoisotopic (exact) mass is 272 g/mol. The molecule has 0 aliphatic heterocycles. The predicted octanol–water partition coefficient (Wildman–Crippen LogP) is 0.431. The molecule has 1 amide bonds. The van der Waals surface area contributed by atoms with Crippen LogP contribution in [-0.2, 0) is 4.79 Å². The highest BCUT2D eigenvalue weighted by Crippen LogP contribution is 2.28. The van der Waals surface area contributed by atoms with E-state index in [-0.39, 0.29) is 11.8 Å². The Morgan fingerprint density at radius 1 is 1.28 bits per heavy atom. The van der Waals surface area contributed by atoms with Crippen LogP contribution in [0.4, 0.5) is 0 Å². The van der Waals surface area contributed by atoms with Gasteiger partial charge in [-0.3, -0.25) is 9.79 Å². The number of thioether (sulfide) groups is 1. The van der Waals surface area contributed by atoms with Crippen LogP contribution >= 0.6 is 11.8 Å². The smallest absolute Gasteiger partial charge is 0.223 e. The van der Waals surface area contributed by atoms with Crippen molar-refractivity contribution in [2.24, 2.45) is 10.9 Å². The summed E-state index contributed by atoms with van der Waals surface area (Å²) in [5, 5.41) is 9.31. The maximum absolute atomic E-state index is 11.4.